The number of allylic oxidation sites excluding steroid dienone is 1. The third kappa shape index (κ3) is 3.66. The quantitative estimate of drug-likeness (QED) is 0.321. The minimum Gasteiger partial charge on any atom is -0.271 e. The van der Waals surface area contributed by atoms with Gasteiger partial charge in [0, 0.05) is 10.7 Å². The normalized spacial score (nSPS) is 12.7. The van der Waals surface area contributed by atoms with Crippen LogP contribution >= 0.6 is 11.3 Å². The van der Waals surface area contributed by atoms with Gasteiger partial charge in [-0.05, 0) is 41.7 Å². The molecule has 0 saturated carbocycles. The minimum atomic E-state index is 0.264. The summed E-state index contributed by atoms with van der Waals surface area (Å²) in [5, 5.41) is 3.57. The van der Waals surface area contributed by atoms with E-state index in [1.807, 2.05) is 6.08 Å². The van der Waals surface area contributed by atoms with E-state index in [2.05, 4.69) is 41.7 Å². The van der Waals surface area contributed by atoms with Gasteiger partial charge in [-0.25, -0.2) is 0 Å². The van der Waals surface area contributed by atoms with Crippen molar-refractivity contribution in [2.75, 3.05) is 0 Å². The second kappa shape index (κ2) is 7.43. The van der Waals surface area contributed by atoms with Crippen LogP contribution in [-0.4, -0.2) is 0 Å². The predicted octanol–water partition coefficient (Wildman–Crippen LogP) is 4.54. The lowest BCUT2D eigenvalue weighted by atomic mass is 10.00. The number of nitrogens with one attached hydrogen (secondary N) is 1. The fraction of sp³-hybridized carbons (Fsp3) is 0.375. The van der Waals surface area contributed by atoms with E-state index in [1.54, 1.807) is 11.3 Å². The number of fused-ring (bicyclic) bond motifs is 1. The maximum atomic E-state index is 5.73. The average Bonchev–Trinajstić information content (AvgIpc) is 2.87. The van der Waals surface area contributed by atoms with Crippen LogP contribution in [0.5, 0.6) is 0 Å². The first-order chi connectivity index (χ1) is 9.36. The molecular weight excluding hydrogens is 252 g/mol. The number of hydrogen-bond donors (Lipinski definition) is 2. The molecule has 1 atom stereocenters. The van der Waals surface area contributed by atoms with Gasteiger partial charge in [-0.2, -0.15) is 0 Å². The summed E-state index contributed by atoms with van der Waals surface area (Å²) < 4.78 is 1.34. The van der Waals surface area contributed by atoms with Crippen molar-refractivity contribution in [3.8, 4) is 0 Å². The predicted molar refractivity (Wildman–Crippen MR) is 85.2 cm³/mol. The molecular formula is C16H22N2S. The van der Waals surface area contributed by atoms with E-state index < -0.39 is 0 Å². The van der Waals surface area contributed by atoms with Crippen molar-refractivity contribution in [1.82, 2.24) is 5.43 Å². The average molecular weight is 274 g/mol. The Morgan fingerprint density at radius 1 is 1.26 bits per heavy atom. The Morgan fingerprint density at radius 3 is 2.89 bits per heavy atom. The van der Waals surface area contributed by atoms with Crippen LogP contribution in [0.15, 0.2) is 42.3 Å². The zero-order valence-corrected chi connectivity index (χ0v) is 12.1. The van der Waals surface area contributed by atoms with E-state index in [-0.39, 0.29) is 6.04 Å². The maximum absolute atomic E-state index is 5.73. The van der Waals surface area contributed by atoms with E-state index in [4.69, 9.17) is 5.84 Å². The highest BCUT2D eigenvalue weighted by Crippen LogP contribution is 2.32. The van der Waals surface area contributed by atoms with Gasteiger partial charge in [-0.1, -0.05) is 37.1 Å². The fourth-order valence-electron chi connectivity index (χ4n) is 2.41. The first-order valence-corrected chi connectivity index (χ1v) is 7.78. The largest absolute Gasteiger partial charge is 0.271 e. The van der Waals surface area contributed by atoms with E-state index >= 15 is 0 Å². The van der Waals surface area contributed by atoms with Crippen LogP contribution in [0.3, 0.4) is 0 Å². The monoisotopic (exact) mass is 274 g/mol. The molecule has 3 heteroatoms. The molecule has 0 radical (unpaired) electrons. The van der Waals surface area contributed by atoms with Crippen LogP contribution in [0.1, 0.15) is 43.7 Å². The summed E-state index contributed by atoms with van der Waals surface area (Å²) in [6.07, 6.45) is 7.87. The smallest absolute Gasteiger partial charge is 0.0474 e. The number of benzene rings is 1. The van der Waals surface area contributed by atoms with Crippen molar-refractivity contribution < 1.29 is 0 Å². The molecule has 0 spiro atoms. The Hall–Kier alpha value is -1.16. The highest BCUT2D eigenvalue weighted by atomic mass is 32.1. The maximum Gasteiger partial charge on any atom is 0.0474 e. The lowest BCUT2D eigenvalue weighted by Gasteiger charge is -2.15. The molecule has 3 N–H and O–H groups in total. The van der Waals surface area contributed by atoms with Gasteiger partial charge < -0.3 is 0 Å². The Labute approximate surface area is 119 Å². The first-order valence-electron chi connectivity index (χ1n) is 6.90. The molecule has 0 saturated heterocycles. The molecule has 0 bridgehead atoms. The second-order valence-corrected chi connectivity index (χ2v) is 5.74. The molecule has 19 heavy (non-hydrogen) atoms. The minimum absolute atomic E-state index is 0.264. The summed E-state index contributed by atoms with van der Waals surface area (Å²) in [6, 6.07) is 8.79. The molecule has 1 unspecified atom stereocenters. The van der Waals surface area contributed by atoms with E-state index in [1.165, 1.54) is 34.9 Å². The van der Waals surface area contributed by atoms with Crippen molar-refractivity contribution >= 4 is 21.4 Å². The summed E-state index contributed by atoms with van der Waals surface area (Å²) in [4.78, 5) is 0. The number of unbranched alkanes of at least 4 members (excludes halogenated alkanes) is 3. The molecule has 2 aromatic rings. The molecule has 0 aliphatic rings. The van der Waals surface area contributed by atoms with Gasteiger partial charge in [0.25, 0.3) is 0 Å². The Morgan fingerprint density at radius 2 is 2.11 bits per heavy atom. The van der Waals surface area contributed by atoms with E-state index in [9.17, 15) is 0 Å². The van der Waals surface area contributed by atoms with Gasteiger partial charge in [0.1, 0.15) is 0 Å². The summed E-state index contributed by atoms with van der Waals surface area (Å²) in [6.45, 7) is 3.75. The van der Waals surface area contributed by atoms with Gasteiger partial charge in [-0.15, -0.1) is 17.9 Å². The summed E-state index contributed by atoms with van der Waals surface area (Å²) in [5.74, 6) is 5.73. The van der Waals surface area contributed by atoms with Crippen LogP contribution in [0.2, 0.25) is 0 Å². The lowest BCUT2D eigenvalue weighted by molar-refractivity contribution is 0.487. The number of rotatable bonds is 8. The molecule has 2 nitrogen and oxygen atoms in total. The molecule has 1 aromatic heterocycles. The third-order valence-electron chi connectivity index (χ3n) is 3.49. The van der Waals surface area contributed by atoms with E-state index in [0.29, 0.717) is 0 Å². The van der Waals surface area contributed by atoms with Crippen molar-refractivity contribution in [3.05, 3.63) is 47.9 Å². The first kappa shape index (κ1) is 14.3. The summed E-state index contributed by atoms with van der Waals surface area (Å²) in [5.41, 5.74) is 4.31. The summed E-state index contributed by atoms with van der Waals surface area (Å²) in [7, 11) is 0. The fourth-order valence-corrected chi connectivity index (χ4v) is 3.43. The SMILES string of the molecule is C=CCCCCCC(NN)c1csc2ccccc12. The standard InChI is InChI=1S/C16H22N2S/c1-2-3-4-5-6-10-15(18-17)14-12-19-16-11-8-7-9-13(14)16/h2,7-9,11-12,15,18H,1,3-6,10,17H2. The second-order valence-electron chi connectivity index (χ2n) is 4.83. The third-order valence-corrected chi connectivity index (χ3v) is 4.47. The van der Waals surface area contributed by atoms with Crippen molar-refractivity contribution in [2.24, 2.45) is 5.84 Å². The zero-order valence-electron chi connectivity index (χ0n) is 11.3. The molecule has 0 aliphatic carbocycles. The number of hydrazine groups is 1. The summed E-state index contributed by atoms with van der Waals surface area (Å²) >= 11 is 1.80. The molecule has 1 aromatic carbocycles. The number of nitrogens with two attached hydrogens (primary N) is 1. The molecule has 102 valence electrons. The highest BCUT2D eigenvalue weighted by Gasteiger charge is 2.13. The van der Waals surface area contributed by atoms with Gasteiger partial charge in [0.05, 0.1) is 0 Å². The molecule has 2 rings (SSSR count). The van der Waals surface area contributed by atoms with E-state index in [0.717, 1.165) is 12.8 Å². The zero-order chi connectivity index (χ0) is 13.5. The van der Waals surface area contributed by atoms with Gasteiger partial charge >= 0.3 is 0 Å². The van der Waals surface area contributed by atoms with Gasteiger partial charge in [0.15, 0.2) is 0 Å². The Balaban J connectivity index is 1.99. The number of hydrogen-bond acceptors (Lipinski definition) is 3. The van der Waals surface area contributed by atoms with Gasteiger partial charge in [-0.3, -0.25) is 11.3 Å². The topological polar surface area (TPSA) is 38.0 Å². The Bertz CT molecular complexity index is 518. The molecule has 0 fully saturated rings. The van der Waals surface area contributed by atoms with Crippen LogP contribution in [0, 0.1) is 0 Å². The van der Waals surface area contributed by atoms with Crippen molar-refractivity contribution in [3.63, 3.8) is 0 Å². The van der Waals surface area contributed by atoms with Crippen LogP contribution < -0.4 is 11.3 Å². The lowest BCUT2D eigenvalue weighted by Crippen LogP contribution is -2.27. The van der Waals surface area contributed by atoms with Gasteiger partial charge in [0.2, 0.25) is 0 Å². The molecule has 1 heterocycles. The highest BCUT2D eigenvalue weighted by molar-refractivity contribution is 7.17. The molecule has 0 aliphatic heterocycles. The molecule has 0 amide bonds. The van der Waals surface area contributed by atoms with Crippen molar-refractivity contribution in [2.45, 2.75) is 38.1 Å². The number of thiophene rings is 1. The van der Waals surface area contributed by atoms with Crippen LogP contribution in [0.4, 0.5) is 0 Å². The van der Waals surface area contributed by atoms with Crippen molar-refractivity contribution in [1.29, 1.82) is 0 Å². The van der Waals surface area contributed by atoms with Crippen LogP contribution in [-0.2, 0) is 0 Å². The van der Waals surface area contributed by atoms with Crippen LogP contribution in [0.25, 0.3) is 10.1 Å². The Kier molecular flexibility index (Phi) is 5.58.